The molecule has 132 valence electrons. The highest BCUT2D eigenvalue weighted by Crippen LogP contribution is 2.30. The zero-order valence-corrected chi connectivity index (χ0v) is 15.1. The summed E-state index contributed by atoms with van der Waals surface area (Å²) in [5.41, 5.74) is 1.81. The fourth-order valence-electron chi connectivity index (χ4n) is 3.02. The molecular weight excluding hydrogens is 338 g/mol. The first-order chi connectivity index (χ1) is 11.9. The van der Waals surface area contributed by atoms with Crippen LogP contribution in [-0.2, 0) is 9.59 Å². The maximum absolute atomic E-state index is 12.3. The Balaban J connectivity index is 1.61. The summed E-state index contributed by atoms with van der Waals surface area (Å²) in [5.74, 6) is -0.942. The molecule has 1 saturated heterocycles. The van der Waals surface area contributed by atoms with Crippen molar-refractivity contribution in [2.24, 2.45) is 5.41 Å². The average molecular weight is 359 g/mol. The molecular formula is C18H21N3O3S. The number of hydrogen-bond donors (Lipinski definition) is 2. The van der Waals surface area contributed by atoms with E-state index in [1.807, 2.05) is 41.5 Å². The minimum Gasteiger partial charge on any atom is -0.481 e. The van der Waals surface area contributed by atoms with E-state index in [1.165, 1.54) is 0 Å². The first-order valence-electron chi connectivity index (χ1n) is 8.14. The average Bonchev–Trinajstić information content (AvgIpc) is 3.15. The van der Waals surface area contributed by atoms with E-state index >= 15 is 0 Å². The van der Waals surface area contributed by atoms with Gasteiger partial charge in [0.05, 0.1) is 22.7 Å². The summed E-state index contributed by atoms with van der Waals surface area (Å²) in [6, 6.07) is 7.59. The number of thiazole rings is 1. The highest BCUT2D eigenvalue weighted by Gasteiger charge is 2.40. The summed E-state index contributed by atoms with van der Waals surface area (Å²) >= 11 is 1.59. The lowest BCUT2D eigenvalue weighted by Gasteiger charge is -2.19. The second-order valence-corrected chi connectivity index (χ2v) is 7.77. The number of aryl methyl sites for hydroxylation is 1. The molecule has 3 rings (SSSR count). The summed E-state index contributed by atoms with van der Waals surface area (Å²) in [7, 11) is 0. The third-order valence-electron chi connectivity index (χ3n) is 4.50. The van der Waals surface area contributed by atoms with Gasteiger partial charge in [-0.25, -0.2) is 4.98 Å². The molecule has 0 aliphatic carbocycles. The molecule has 1 fully saturated rings. The van der Waals surface area contributed by atoms with Gasteiger partial charge in [0, 0.05) is 23.2 Å². The number of likely N-dealkylation sites (tertiary alicyclic amines) is 1. The number of anilines is 1. The van der Waals surface area contributed by atoms with Gasteiger partial charge in [-0.3, -0.25) is 14.5 Å². The summed E-state index contributed by atoms with van der Waals surface area (Å²) in [4.78, 5) is 29.9. The monoisotopic (exact) mass is 359 g/mol. The molecule has 0 radical (unpaired) electrons. The van der Waals surface area contributed by atoms with Crippen LogP contribution >= 0.6 is 11.3 Å². The lowest BCUT2D eigenvalue weighted by atomic mass is 9.90. The lowest BCUT2D eigenvalue weighted by Crippen LogP contribution is -2.35. The predicted molar refractivity (Wildman–Crippen MR) is 97.7 cm³/mol. The molecule has 6 nitrogen and oxygen atoms in total. The maximum atomic E-state index is 12.3. The molecule has 1 aromatic heterocycles. The highest BCUT2D eigenvalue weighted by atomic mass is 32.1. The van der Waals surface area contributed by atoms with Gasteiger partial charge >= 0.3 is 5.97 Å². The Kier molecular flexibility index (Phi) is 4.87. The molecule has 7 heteroatoms. The van der Waals surface area contributed by atoms with Crippen LogP contribution in [0.5, 0.6) is 0 Å². The van der Waals surface area contributed by atoms with Gasteiger partial charge in [0.15, 0.2) is 0 Å². The second kappa shape index (κ2) is 6.93. The van der Waals surface area contributed by atoms with Crippen molar-refractivity contribution in [1.82, 2.24) is 9.88 Å². The molecule has 1 atom stereocenters. The Hall–Kier alpha value is -2.25. The summed E-state index contributed by atoms with van der Waals surface area (Å²) in [6.45, 7) is 4.90. The molecule has 1 aliphatic rings. The quantitative estimate of drug-likeness (QED) is 0.858. The molecule has 0 spiro atoms. The Morgan fingerprint density at radius 2 is 2.24 bits per heavy atom. The molecule has 1 unspecified atom stereocenters. The van der Waals surface area contributed by atoms with E-state index in [2.05, 4.69) is 10.3 Å². The van der Waals surface area contributed by atoms with Crippen LogP contribution in [0.2, 0.25) is 0 Å². The molecule has 0 saturated carbocycles. The summed E-state index contributed by atoms with van der Waals surface area (Å²) in [5, 5.41) is 15.2. The van der Waals surface area contributed by atoms with Crippen molar-refractivity contribution in [2.45, 2.75) is 20.3 Å². The zero-order valence-electron chi connectivity index (χ0n) is 14.3. The number of amides is 1. The fourth-order valence-corrected chi connectivity index (χ4v) is 3.64. The summed E-state index contributed by atoms with van der Waals surface area (Å²) in [6.07, 6.45) is 0.564. The number of carbonyl (C=O) groups is 2. The van der Waals surface area contributed by atoms with Crippen molar-refractivity contribution >= 4 is 28.9 Å². The number of nitrogens with one attached hydrogen (secondary N) is 1. The van der Waals surface area contributed by atoms with E-state index in [4.69, 9.17) is 0 Å². The van der Waals surface area contributed by atoms with Crippen molar-refractivity contribution in [3.63, 3.8) is 0 Å². The number of carboxylic acid groups (broad SMARTS) is 1. The Bertz CT molecular complexity index is 804. The van der Waals surface area contributed by atoms with E-state index in [0.29, 0.717) is 25.2 Å². The van der Waals surface area contributed by atoms with E-state index in [9.17, 15) is 14.7 Å². The van der Waals surface area contributed by atoms with E-state index in [0.717, 1.165) is 16.3 Å². The minimum absolute atomic E-state index is 0.138. The molecule has 0 bridgehead atoms. The van der Waals surface area contributed by atoms with E-state index in [-0.39, 0.29) is 12.5 Å². The minimum atomic E-state index is -0.804. The van der Waals surface area contributed by atoms with Crippen molar-refractivity contribution in [3.05, 3.63) is 34.7 Å². The first-order valence-corrected chi connectivity index (χ1v) is 9.02. The number of carboxylic acids is 1. The number of nitrogens with zero attached hydrogens (tertiary/aromatic N) is 2. The van der Waals surface area contributed by atoms with Crippen LogP contribution in [0.1, 0.15) is 18.4 Å². The van der Waals surface area contributed by atoms with E-state index < -0.39 is 11.4 Å². The van der Waals surface area contributed by atoms with Crippen molar-refractivity contribution < 1.29 is 14.7 Å². The number of aliphatic carboxylic acids is 1. The SMILES string of the molecule is Cc1nc(-c2cccc(NC(=O)CN3CCC(C)(C(=O)O)C3)c2)cs1. The molecule has 1 amide bonds. The Morgan fingerprint density at radius 1 is 1.44 bits per heavy atom. The first kappa shape index (κ1) is 17.6. The predicted octanol–water partition coefficient (Wildman–Crippen LogP) is 2.85. The zero-order chi connectivity index (χ0) is 18.0. The van der Waals surface area contributed by atoms with Gasteiger partial charge in [-0.2, -0.15) is 0 Å². The van der Waals surface area contributed by atoms with Crippen LogP contribution in [0.15, 0.2) is 29.6 Å². The second-order valence-electron chi connectivity index (χ2n) is 6.71. The third-order valence-corrected chi connectivity index (χ3v) is 5.27. The molecule has 2 N–H and O–H groups in total. The largest absolute Gasteiger partial charge is 0.481 e. The van der Waals surface area contributed by atoms with Gasteiger partial charge in [-0.15, -0.1) is 11.3 Å². The van der Waals surface area contributed by atoms with Gasteiger partial charge < -0.3 is 10.4 Å². The third kappa shape index (κ3) is 4.05. The Morgan fingerprint density at radius 3 is 2.88 bits per heavy atom. The molecule has 2 heterocycles. The number of rotatable bonds is 5. The smallest absolute Gasteiger partial charge is 0.310 e. The number of carbonyl (C=O) groups excluding carboxylic acids is 1. The van der Waals surface area contributed by atoms with Crippen LogP contribution in [0.3, 0.4) is 0 Å². The lowest BCUT2D eigenvalue weighted by molar-refractivity contribution is -0.147. The van der Waals surface area contributed by atoms with E-state index in [1.54, 1.807) is 18.3 Å². The summed E-state index contributed by atoms with van der Waals surface area (Å²) < 4.78 is 0. The normalized spacial score (nSPS) is 20.6. The van der Waals surface area contributed by atoms with Crippen LogP contribution in [0.25, 0.3) is 11.3 Å². The Labute approximate surface area is 150 Å². The highest BCUT2D eigenvalue weighted by molar-refractivity contribution is 7.09. The van der Waals surface area contributed by atoms with Crippen LogP contribution in [0, 0.1) is 12.3 Å². The van der Waals surface area contributed by atoms with Crippen molar-refractivity contribution in [3.8, 4) is 11.3 Å². The molecule has 1 aromatic carbocycles. The van der Waals surface area contributed by atoms with Crippen molar-refractivity contribution in [2.75, 3.05) is 25.0 Å². The van der Waals surface area contributed by atoms with Gasteiger partial charge in [0.25, 0.3) is 0 Å². The topological polar surface area (TPSA) is 82.5 Å². The number of benzene rings is 1. The van der Waals surface area contributed by atoms with Gasteiger partial charge in [0.1, 0.15) is 0 Å². The molecule has 25 heavy (non-hydrogen) atoms. The van der Waals surface area contributed by atoms with Gasteiger partial charge in [0.2, 0.25) is 5.91 Å². The van der Waals surface area contributed by atoms with Crippen LogP contribution < -0.4 is 5.32 Å². The number of hydrogen-bond acceptors (Lipinski definition) is 5. The van der Waals surface area contributed by atoms with Crippen LogP contribution in [0.4, 0.5) is 5.69 Å². The molecule has 1 aliphatic heterocycles. The maximum Gasteiger partial charge on any atom is 0.310 e. The van der Waals surface area contributed by atoms with Crippen molar-refractivity contribution in [1.29, 1.82) is 0 Å². The molecule has 2 aromatic rings. The van der Waals surface area contributed by atoms with Crippen LogP contribution in [-0.4, -0.2) is 46.5 Å². The van der Waals surface area contributed by atoms with Gasteiger partial charge in [-0.1, -0.05) is 12.1 Å². The standard InChI is InChI=1S/C18H21N3O3S/c1-12-19-15(10-25-12)13-4-3-5-14(8-13)20-16(22)9-21-7-6-18(2,11-21)17(23)24/h3-5,8,10H,6-7,9,11H2,1-2H3,(H,20,22)(H,23,24). The number of aromatic nitrogens is 1. The van der Waals surface area contributed by atoms with Gasteiger partial charge in [-0.05, 0) is 38.9 Å². The fraction of sp³-hybridized carbons (Fsp3) is 0.389.